The Kier molecular flexibility index (Phi) is 3.88. The molecule has 0 saturated heterocycles. The number of halogens is 1. The van der Waals surface area contributed by atoms with Crippen molar-refractivity contribution < 1.29 is 4.79 Å². The summed E-state index contributed by atoms with van der Waals surface area (Å²) in [7, 11) is 2.02. The van der Waals surface area contributed by atoms with Gasteiger partial charge in [-0.2, -0.15) is 0 Å². The summed E-state index contributed by atoms with van der Waals surface area (Å²) in [4.78, 5) is 17.6. The smallest absolute Gasteiger partial charge is 0.206 e. The first-order valence-electron chi connectivity index (χ1n) is 8.10. The number of benzene rings is 2. The minimum Gasteiger partial charge on any atom is -0.313 e. The third-order valence-electron chi connectivity index (χ3n) is 4.39. The van der Waals surface area contributed by atoms with Gasteiger partial charge >= 0.3 is 0 Å². The SMILES string of the molecule is Cn1c(=NC2CC2)n(CC(=O)c2ccc(Br)cc2)c2ccccc21. The number of carbonyl (C=O) groups excluding carboxylic acids is 1. The van der Waals surface area contributed by atoms with Gasteiger partial charge in [-0.3, -0.25) is 4.79 Å². The molecule has 122 valence electrons. The molecule has 5 heteroatoms. The number of hydrogen-bond acceptors (Lipinski definition) is 2. The van der Waals surface area contributed by atoms with Crippen LogP contribution in [0.25, 0.3) is 11.0 Å². The zero-order valence-corrected chi connectivity index (χ0v) is 15.0. The van der Waals surface area contributed by atoms with E-state index in [2.05, 4.69) is 32.6 Å². The first-order valence-corrected chi connectivity index (χ1v) is 8.89. The maximum absolute atomic E-state index is 12.7. The van der Waals surface area contributed by atoms with Crippen LogP contribution in [0.1, 0.15) is 23.2 Å². The van der Waals surface area contributed by atoms with Crippen LogP contribution >= 0.6 is 15.9 Å². The highest BCUT2D eigenvalue weighted by Crippen LogP contribution is 2.23. The van der Waals surface area contributed by atoms with E-state index in [4.69, 9.17) is 4.99 Å². The summed E-state index contributed by atoms with van der Waals surface area (Å²) in [5.41, 5.74) is 3.74. The fourth-order valence-electron chi connectivity index (χ4n) is 2.92. The molecule has 1 saturated carbocycles. The second-order valence-corrected chi connectivity index (χ2v) is 7.14. The Morgan fingerprint density at radius 2 is 1.79 bits per heavy atom. The average molecular weight is 384 g/mol. The summed E-state index contributed by atoms with van der Waals surface area (Å²) < 4.78 is 5.10. The minimum absolute atomic E-state index is 0.0936. The number of fused-ring (bicyclic) bond motifs is 1. The van der Waals surface area contributed by atoms with Gasteiger partial charge in [0.1, 0.15) is 0 Å². The molecular weight excluding hydrogens is 366 g/mol. The van der Waals surface area contributed by atoms with Crippen LogP contribution in [-0.2, 0) is 13.6 Å². The lowest BCUT2D eigenvalue weighted by Gasteiger charge is -2.05. The number of carbonyl (C=O) groups is 1. The van der Waals surface area contributed by atoms with E-state index < -0.39 is 0 Å². The van der Waals surface area contributed by atoms with Crippen LogP contribution < -0.4 is 5.62 Å². The molecule has 0 atom stereocenters. The molecule has 0 N–H and O–H groups in total. The number of hydrogen-bond donors (Lipinski definition) is 0. The number of para-hydroxylation sites is 2. The normalized spacial score (nSPS) is 15.2. The van der Waals surface area contributed by atoms with Crippen LogP contribution in [-0.4, -0.2) is 21.0 Å². The molecule has 3 aromatic rings. The van der Waals surface area contributed by atoms with Crippen molar-refractivity contribution in [3.8, 4) is 0 Å². The largest absolute Gasteiger partial charge is 0.313 e. The lowest BCUT2D eigenvalue weighted by Crippen LogP contribution is -2.28. The van der Waals surface area contributed by atoms with Gasteiger partial charge in [-0.25, -0.2) is 4.99 Å². The predicted molar refractivity (Wildman–Crippen MR) is 98.0 cm³/mol. The number of imidazole rings is 1. The highest BCUT2D eigenvalue weighted by atomic mass is 79.9. The van der Waals surface area contributed by atoms with Gasteiger partial charge in [0.25, 0.3) is 0 Å². The molecule has 0 amide bonds. The second-order valence-electron chi connectivity index (χ2n) is 6.22. The molecular formula is C19H18BrN3O. The van der Waals surface area contributed by atoms with Crippen molar-refractivity contribution in [1.29, 1.82) is 0 Å². The molecule has 0 bridgehead atoms. The van der Waals surface area contributed by atoms with Crippen LogP contribution in [0.4, 0.5) is 0 Å². The Balaban J connectivity index is 1.80. The van der Waals surface area contributed by atoms with Crippen LogP contribution in [0.5, 0.6) is 0 Å². The van der Waals surface area contributed by atoms with Gasteiger partial charge in [0.15, 0.2) is 5.78 Å². The van der Waals surface area contributed by atoms with Gasteiger partial charge in [-0.1, -0.05) is 40.2 Å². The van der Waals surface area contributed by atoms with Gasteiger partial charge in [0.05, 0.1) is 23.6 Å². The highest BCUT2D eigenvalue weighted by molar-refractivity contribution is 9.10. The van der Waals surface area contributed by atoms with Gasteiger partial charge < -0.3 is 9.13 Å². The summed E-state index contributed by atoms with van der Waals surface area (Å²) in [6.07, 6.45) is 2.28. The first kappa shape index (κ1) is 15.4. The van der Waals surface area contributed by atoms with Crippen LogP contribution in [0, 0.1) is 0 Å². The minimum atomic E-state index is 0.0936. The Hall–Kier alpha value is -2.14. The monoisotopic (exact) mass is 383 g/mol. The topological polar surface area (TPSA) is 39.3 Å². The van der Waals surface area contributed by atoms with E-state index in [-0.39, 0.29) is 5.78 Å². The zero-order chi connectivity index (χ0) is 16.7. The van der Waals surface area contributed by atoms with Gasteiger partial charge in [-0.15, -0.1) is 0 Å². The molecule has 0 unspecified atom stereocenters. The standard InChI is InChI=1S/C19H18BrN3O/c1-22-16-4-2-3-5-17(16)23(19(22)21-15-10-11-15)12-18(24)13-6-8-14(20)9-7-13/h2-9,15H,10-12H2,1H3. The van der Waals surface area contributed by atoms with Crippen LogP contribution in [0.3, 0.4) is 0 Å². The summed E-state index contributed by atoms with van der Waals surface area (Å²) in [5, 5.41) is 0. The maximum Gasteiger partial charge on any atom is 0.206 e. The van der Waals surface area contributed by atoms with E-state index in [9.17, 15) is 4.79 Å². The molecule has 2 aromatic carbocycles. The Labute approximate surface area is 148 Å². The Bertz CT molecular complexity index is 978. The molecule has 1 aliphatic rings. The van der Waals surface area contributed by atoms with Crippen molar-refractivity contribution >= 4 is 32.7 Å². The quantitative estimate of drug-likeness (QED) is 0.633. The zero-order valence-electron chi connectivity index (χ0n) is 13.4. The van der Waals surface area contributed by atoms with E-state index in [1.165, 1.54) is 0 Å². The average Bonchev–Trinajstić information content (AvgIpc) is 3.38. The molecule has 24 heavy (non-hydrogen) atoms. The third kappa shape index (κ3) is 2.84. The van der Waals surface area contributed by atoms with E-state index in [1.807, 2.05) is 48.0 Å². The summed E-state index contributed by atoms with van der Waals surface area (Å²) >= 11 is 3.41. The molecule has 1 fully saturated rings. The summed E-state index contributed by atoms with van der Waals surface area (Å²) in [6, 6.07) is 16.1. The lowest BCUT2D eigenvalue weighted by molar-refractivity contribution is 0.0971. The lowest BCUT2D eigenvalue weighted by atomic mass is 10.1. The van der Waals surface area contributed by atoms with Gasteiger partial charge in [0, 0.05) is 17.1 Å². The number of nitrogens with zero attached hydrogens (tertiary/aromatic N) is 3. The van der Waals surface area contributed by atoms with Crippen molar-refractivity contribution in [2.45, 2.75) is 25.4 Å². The molecule has 0 aliphatic heterocycles. The molecule has 0 radical (unpaired) electrons. The maximum atomic E-state index is 12.7. The predicted octanol–water partition coefficient (Wildman–Crippen LogP) is 3.69. The summed E-state index contributed by atoms with van der Waals surface area (Å²) in [5.74, 6) is 0.0936. The number of Topliss-reactive ketones (excluding diaryl/α,β-unsaturated/α-hetero) is 1. The number of ketones is 1. The summed E-state index contributed by atoms with van der Waals surface area (Å²) in [6.45, 7) is 0.300. The fraction of sp³-hybridized carbons (Fsp3) is 0.263. The molecule has 0 spiro atoms. The van der Waals surface area contributed by atoms with Crippen molar-refractivity contribution in [1.82, 2.24) is 9.13 Å². The van der Waals surface area contributed by atoms with Crippen LogP contribution in [0.2, 0.25) is 0 Å². The highest BCUT2D eigenvalue weighted by Gasteiger charge is 2.22. The van der Waals surface area contributed by atoms with Gasteiger partial charge in [0.2, 0.25) is 5.62 Å². The molecule has 1 heterocycles. The molecule has 1 aromatic heterocycles. The fourth-order valence-corrected chi connectivity index (χ4v) is 3.19. The van der Waals surface area contributed by atoms with E-state index in [0.29, 0.717) is 12.6 Å². The van der Waals surface area contributed by atoms with Crippen molar-refractivity contribution in [2.75, 3.05) is 0 Å². The first-order chi connectivity index (χ1) is 11.6. The number of aromatic nitrogens is 2. The Morgan fingerprint density at radius 1 is 1.12 bits per heavy atom. The van der Waals surface area contributed by atoms with Gasteiger partial charge in [-0.05, 0) is 37.1 Å². The molecule has 4 rings (SSSR count). The van der Waals surface area contributed by atoms with E-state index >= 15 is 0 Å². The Morgan fingerprint density at radius 3 is 2.46 bits per heavy atom. The second kappa shape index (κ2) is 6.06. The molecule has 1 aliphatic carbocycles. The van der Waals surface area contributed by atoms with Crippen molar-refractivity contribution in [3.05, 3.63) is 64.2 Å². The van der Waals surface area contributed by atoms with Crippen molar-refractivity contribution in [3.63, 3.8) is 0 Å². The molecule has 4 nitrogen and oxygen atoms in total. The van der Waals surface area contributed by atoms with Crippen molar-refractivity contribution in [2.24, 2.45) is 12.0 Å². The number of rotatable bonds is 4. The number of aryl methyl sites for hydroxylation is 1. The van der Waals surface area contributed by atoms with E-state index in [1.54, 1.807) is 0 Å². The van der Waals surface area contributed by atoms with Crippen LogP contribution in [0.15, 0.2) is 58.0 Å². The van der Waals surface area contributed by atoms with E-state index in [0.717, 1.165) is 39.5 Å². The third-order valence-corrected chi connectivity index (χ3v) is 4.92.